The van der Waals surface area contributed by atoms with E-state index < -0.39 is 18.0 Å². The number of para-hydroxylation sites is 1. The summed E-state index contributed by atoms with van der Waals surface area (Å²) in [6, 6.07) is 9.51. The summed E-state index contributed by atoms with van der Waals surface area (Å²) in [4.78, 5) is 25.4. The lowest BCUT2D eigenvalue weighted by atomic mass is 10.1. The summed E-state index contributed by atoms with van der Waals surface area (Å²) in [5.41, 5.74) is 1.94. The number of benzene rings is 1. The largest absolute Gasteiger partial charge is 0.488 e. The Kier molecular flexibility index (Phi) is 3.34. The van der Waals surface area contributed by atoms with Gasteiger partial charge in [-0.1, -0.05) is 12.1 Å². The van der Waals surface area contributed by atoms with Crippen LogP contribution in [0.3, 0.4) is 0 Å². The Bertz CT molecular complexity index is 794. The summed E-state index contributed by atoms with van der Waals surface area (Å²) in [5.74, 6) is -0.145. The van der Waals surface area contributed by atoms with E-state index >= 15 is 0 Å². The molecule has 0 radical (unpaired) electrons. The number of esters is 2. The fourth-order valence-electron chi connectivity index (χ4n) is 2.80. The van der Waals surface area contributed by atoms with E-state index in [1.54, 1.807) is 13.0 Å². The van der Waals surface area contributed by atoms with Crippen molar-refractivity contribution in [1.29, 1.82) is 0 Å². The van der Waals surface area contributed by atoms with Gasteiger partial charge in [-0.3, -0.25) is 0 Å². The second-order valence-corrected chi connectivity index (χ2v) is 6.68. The summed E-state index contributed by atoms with van der Waals surface area (Å²) in [6.07, 6.45) is -0.612. The lowest BCUT2D eigenvalue weighted by Gasteiger charge is -2.16. The van der Waals surface area contributed by atoms with E-state index in [0.717, 1.165) is 21.8 Å². The molecule has 0 unspecified atom stereocenters. The molecule has 4 rings (SSSR count). The smallest absolute Gasteiger partial charge is 0.349 e. The Morgan fingerprint density at radius 3 is 2.96 bits per heavy atom. The SMILES string of the molecule is C[C@@H]1C[C@H](OC(=O)c2cc3c(s2)-c2ccccc2OC3)C(=O)O1. The molecule has 0 spiro atoms. The molecule has 2 atom stereocenters. The van der Waals surface area contributed by atoms with Crippen molar-refractivity contribution in [2.24, 2.45) is 0 Å². The monoisotopic (exact) mass is 330 g/mol. The molecule has 0 saturated carbocycles. The Hall–Kier alpha value is -2.34. The van der Waals surface area contributed by atoms with Gasteiger partial charge in [-0.25, -0.2) is 9.59 Å². The standard InChI is InChI=1S/C17H14O5S/c1-9-6-13(16(18)21-9)22-17(19)14-7-10-8-20-12-5-3-2-4-11(12)15(10)23-14/h2-5,7,9,13H,6,8H2,1H3/t9-,13+/m1/s1. The first-order valence-corrected chi connectivity index (χ1v) is 8.20. The van der Waals surface area contributed by atoms with E-state index in [9.17, 15) is 9.59 Å². The highest BCUT2D eigenvalue weighted by Gasteiger charge is 2.36. The molecule has 118 valence electrons. The van der Waals surface area contributed by atoms with Gasteiger partial charge in [-0.2, -0.15) is 0 Å². The zero-order valence-corrected chi connectivity index (χ0v) is 13.2. The van der Waals surface area contributed by atoms with Crippen LogP contribution in [0.25, 0.3) is 10.4 Å². The van der Waals surface area contributed by atoms with Crippen molar-refractivity contribution in [2.45, 2.75) is 32.2 Å². The average Bonchev–Trinajstić information content (AvgIpc) is 3.11. The zero-order valence-electron chi connectivity index (χ0n) is 12.4. The number of ether oxygens (including phenoxy) is 3. The van der Waals surface area contributed by atoms with Crippen LogP contribution in [-0.2, 0) is 20.9 Å². The van der Waals surface area contributed by atoms with Crippen LogP contribution in [0, 0.1) is 0 Å². The van der Waals surface area contributed by atoms with Gasteiger partial charge in [0.25, 0.3) is 0 Å². The number of fused-ring (bicyclic) bond motifs is 3. The highest BCUT2D eigenvalue weighted by Crippen LogP contribution is 2.42. The molecule has 0 bridgehead atoms. The lowest BCUT2D eigenvalue weighted by molar-refractivity contribution is -0.147. The van der Waals surface area contributed by atoms with E-state index in [4.69, 9.17) is 14.2 Å². The van der Waals surface area contributed by atoms with Crippen molar-refractivity contribution in [1.82, 2.24) is 0 Å². The minimum atomic E-state index is -0.805. The second-order valence-electron chi connectivity index (χ2n) is 5.63. The maximum atomic E-state index is 12.3. The number of carbonyl (C=O) groups is 2. The number of carbonyl (C=O) groups excluding carboxylic acids is 2. The summed E-state index contributed by atoms with van der Waals surface area (Å²) in [5, 5.41) is 0. The van der Waals surface area contributed by atoms with E-state index in [1.165, 1.54) is 11.3 Å². The molecule has 1 aromatic carbocycles. The van der Waals surface area contributed by atoms with Crippen LogP contribution in [-0.4, -0.2) is 24.1 Å². The van der Waals surface area contributed by atoms with Crippen LogP contribution in [0.2, 0.25) is 0 Å². The van der Waals surface area contributed by atoms with Crippen LogP contribution < -0.4 is 4.74 Å². The third kappa shape index (κ3) is 2.49. The molecule has 3 heterocycles. The molecular formula is C17H14O5S. The number of rotatable bonds is 2. The topological polar surface area (TPSA) is 61.8 Å². The van der Waals surface area contributed by atoms with Crippen molar-refractivity contribution >= 4 is 23.3 Å². The number of thiophene rings is 1. The fraction of sp³-hybridized carbons (Fsp3) is 0.294. The predicted molar refractivity (Wildman–Crippen MR) is 83.5 cm³/mol. The number of cyclic esters (lactones) is 1. The van der Waals surface area contributed by atoms with Crippen LogP contribution >= 0.6 is 11.3 Å². The zero-order chi connectivity index (χ0) is 16.0. The molecule has 0 aliphatic carbocycles. The third-order valence-corrected chi connectivity index (χ3v) is 5.09. The molecule has 2 aliphatic heterocycles. The molecule has 1 aromatic heterocycles. The first-order valence-electron chi connectivity index (χ1n) is 7.38. The Balaban J connectivity index is 1.59. The normalized spacial score (nSPS) is 21.9. The molecule has 6 heteroatoms. The van der Waals surface area contributed by atoms with Gasteiger partial charge in [0.1, 0.15) is 23.3 Å². The second kappa shape index (κ2) is 5.38. The molecule has 23 heavy (non-hydrogen) atoms. The van der Waals surface area contributed by atoms with E-state index in [0.29, 0.717) is 17.9 Å². The Morgan fingerprint density at radius 1 is 1.35 bits per heavy atom. The van der Waals surface area contributed by atoms with E-state index in [2.05, 4.69) is 0 Å². The minimum absolute atomic E-state index is 0.211. The molecule has 5 nitrogen and oxygen atoms in total. The fourth-order valence-corrected chi connectivity index (χ4v) is 3.88. The highest BCUT2D eigenvalue weighted by molar-refractivity contribution is 7.17. The molecule has 1 fully saturated rings. The average molecular weight is 330 g/mol. The molecule has 2 aromatic rings. The van der Waals surface area contributed by atoms with Gasteiger partial charge in [-0.05, 0) is 25.1 Å². The summed E-state index contributed by atoms with van der Waals surface area (Å²) < 4.78 is 16.0. The maximum absolute atomic E-state index is 12.3. The summed E-state index contributed by atoms with van der Waals surface area (Å²) in [7, 11) is 0. The minimum Gasteiger partial charge on any atom is -0.488 e. The van der Waals surface area contributed by atoms with Crippen molar-refractivity contribution in [3.63, 3.8) is 0 Å². The summed E-state index contributed by atoms with van der Waals surface area (Å²) >= 11 is 1.36. The Labute approximate surface area is 136 Å². The van der Waals surface area contributed by atoms with Gasteiger partial charge < -0.3 is 14.2 Å². The quantitative estimate of drug-likeness (QED) is 0.792. The van der Waals surface area contributed by atoms with Gasteiger partial charge in [0.2, 0.25) is 6.10 Å². The highest BCUT2D eigenvalue weighted by atomic mass is 32.1. The molecule has 0 N–H and O–H groups in total. The molecule has 0 amide bonds. The lowest BCUT2D eigenvalue weighted by Crippen LogP contribution is -2.22. The first-order chi connectivity index (χ1) is 11.1. The van der Waals surface area contributed by atoms with Gasteiger partial charge in [0.15, 0.2) is 0 Å². The van der Waals surface area contributed by atoms with Crippen molar-refractivity contribution < 1.29 is 23.8 Å². The maximum Gasteiger partial charge on any atom is 0.349 e. The van der Waals surface area contributed by atoms with E-state index in [1.807, 2.05) is 24.3 Å². The third-order valence-electron chi connectivity index (χ3n) is 3.90. The predicted octanol–water partition coefficient (Wildman–Crippen LogP) is 3.17. The molecular weight excluding hydrogens is 316 g/mol. The van der Waals surface area contributed by atoms with Crippen LogP contribution in [0.1, 0.15) is 28.6 Å². The summed E-state index contributed by atoms with van der Waals surface area (Å²) in [6.45, 7) is 2.21. The number of hydrogen-bond acceptors (Lipinski definition) is 6. The van der Waals surface area contributed by atoms with Gasteiger partial charge >= 0.3 is 11.9 Å². The van der Waals surface area contributed by atoms with Crippen LogP contribution in [0.4, 0.5) is 0 Å². The van der Waals surface area contributed by atoms with Gasteiger partial charge in [-0.15, -0.1) is 11.3 Å². The first kappa shape index (κ1) is 14.3. The van der Waals surface area contributed by atoms with E-state index in [-0.39, 0.29) is 6.10 Å². The van der Waals surface area contributed by atoms with Gasteiger partial charge in [0, 0.05) is 22.4 Å². The van der Waals surface area contributed by atoms with Crippen molar-refractivity contribution in [2.75, 3.05) is 0 Å². The molecule has 1 saturated heterocycles. The molecule has 2 aliphatic rings. The van der Waals surface area contributed by atoms with Crippen LogP contribution in [0.15, 0.2) is 30.3 Å². The van der Waals surface area contributed by atoms with Gasteiger partial charge in [0.05, 0.1) is 0 Å². The van der Waals surface area contributed by atoms with Crippen molar-refractivity contribution in [3.8, 4) is 16.2 Å². The number of hydrogen-bond donors (Lipinski definition) is 0. The van der Waals surface area contributed by atoms with Crippen molar-refractivity contribution in [3.05, 3.63) is 40.8 Å². The van der Waals surface area contributed by atoms with Crippen LogP contribution in [0.5, 0.6) is 5.75 Å². The Morgan fingerprint density at radius 2 is 2.17 bits per heavy atom.